The molecule has 2 aromatic heterocycles. The van der Waals surface area contributed by atoms with Crippen LogP contribution in [0.1, 0.15) is 34.1 Å². The van der Waals surface area contributed by atoms with Crippen molar-refractivity contribution in [2.45, 2.75) is 51.9 Å². The topological polar surface area (TPSA) is 76.9 Å². The van der Waals surface area contributed by atoms with E-state index >= 15 is 0 Å². The Kier molecular flexibility index (Phi) is 6.36. The molecule has 1 atom stereocenters. The standard InChI is InChI=1S/C17H24N4O2S/c1-5-12(4)19-14(22)10-24-17-20-15-13(7-6-8-18-15)16(23)21(17)9-11(2)3/h6-8,11-12H,5,9-10H2,1-4H3,(H,19,22)/t12-/m0/s1. The van der Waals surface area contributed by atoms with Gasteiger partial charge in [0.15, 0.2) is 10.8 Å². The van der Waals surface area contributed by atoms with Gasteiger partial charge in [-0.1, -0.05) is 32.5 Å². The molecule has 24 heavy (non-hydrogen) atoms. The van der Waals surface area contributed by atoms with Crippen LogP contribution in [0.25, 0.3) is 11.0 Å². The molecule has 0 aliphatic carbocycles. The number of nitrogens with one attached hydrogen (secondary N) is 1. The predicted molar refractivity (Wildman–Crippen MR) is 97.3 cm³/mol. The number of hydrogen-bond acceptors (Lipinski definition) is 5. The minimum atomic E-state index is -0.105. The van der Waals surface area contributed by atoms with Crippen LogP contribution in [0.4, 0.5) is 0 Å². The Morgan fingerprint density at radius 2 is 2.12 bits per heavy atom. The lowest BCUT2D eigenvalue weighted by atomic mass is 10.2. The van der Waals surface area contributed by atoms with Crippen LogP contribution in [-0.4, -0.2) is 32.2 Å². The third kappa shape index (κ3) is 4.56. The van der Waals surface area contributed by atoms with Gasteiger partial charge in [0, 0.05) is 18.8 Å². The van der Waals surface area contributed by atoms with E-state index in [-0.39, 0.29) is 23.3 Å². The van der Waals surface area contributed by atoms with E-state index in [0.717, 1.165) is 6.42 Å². The molecule has 0 saturated carbocycles. The van der Waals surface area contributed by atoms with Crippen LogP contribution in [-0.2, 0) is 11.3 Å². The summed E-state index contributed by atoms with van der Waals surface area (Å²) in [4.78, 5) is 33.4. The van der Waals surface area contributed by atoms with Gasteiger partial charge in [0.25, 0.3) is 5.56 Å². The largest absolute Gasteiger partial charge is 0.353 e. The third-order valence-corrected chi connectivity index (χ3v) is 4.57. The molecule has 0 aliphatic rings. The van der Waals surface area contributed by atoms with Gasteiger partial charge >= 0.3 is 0 Å². The number of thioether (sulfide) groups is 1. The number of fused-ring (bicyclic) bond motifs is 1. The second-order valence-electron chi connectivity index (χ2n) is 6.24. The fraction of sp³-hybridized carbons (Fsp3) is 0.529. The van der Waals surface area contributed by atoms with E-state index < -0.39 is 0 Å². The first kappa shape index (κ1) is 18.4. The molecule has 0 spiro atoms. The van der Waals surface area contributed by atoms with Crippen LogP contribution in [0.5, 0.6) is 0 Å². The van der Waals surface area contributed by atoms with E-state index in [0.29, 0.717) is 28.7 Å². The first-order chi connectivity index (χ1) is 11.4. The van der Waals surface area contributed by atoms with Gasteiger partial charge < -0.3 is 5.32 Å². The van der Waals surface area contributed by atoms with Gasteiger partial charge in [-0.2, -0.15) is 0 Å². The average Bonchev–Trinajstić information content (AvgIpc) is 2.55. The Balaban J connectivity index is 2.30. The van der Waals surface area contributed by atoms with E-state index in [1.54, 1.807) is 22.9 Å². The molecule has 0 aliphatic heterocycles. The first-order valence-corrected chi connectivity index (χ1v) is 9.18. The number of aromatic nitrogens is 3. The molecule has 0 radical (unpaired) electrons. The van der Waals surface area contributed by atoms with Crippen molar-refractivity contribution in [1.29, 1.82) is 0 Å². The minimum Gasteiger partial charge on any atom is -0.353 e. The van der Waals surface area contributed by atoms with Gasteiger partial charge in [-0.15, -0.1) is 0 Å². The second kappa shape index (κ2) is 8.28. The van der Waals surface area contributed by atoms with Crippen LogP contribution in [0, 0.1) is 5.92 Å². The smallest absolute Gasteiger partial charge is 0.263 e. The van der Waals surface area contributed by atoms with E-state index in [1.165, 1.54) is 11.8 Å². The maximum absolute atomic E-state index is 12.7. The van der Waals surface area contributed by atoms with Crippen LogP contribution < -0.4 is 10.9 Å². The normalized spacial score (nSPS) is 12.5. The van der Waals surface area contributed by atoms with Gasteiger partial charge in [-0.3, -0.25) is 14.2 Å². The number of carbonyl (C=O) groups is 1. The molecule has 2 heterocycles. The number of pyridine rings is 1. The van der Waals surface area contributed by atoms with Crippen molar-refractivity contribution in [3.05, 3.63) is 28.7 Å². The molecule has 0 aromatic carbocycles. The van der Waals surface area contributed by atoms with Gasteiger partial charge in [-0.05, 0) is 31.4 Å². The molecule has 0 fully saturated rings. The molecule has 130 valence electrons. The van der Waals surface area contributed by atoms with Gasteiger partial charge in [-0.25, -0.2) is 9.97 Å². The summed E-state index contributed by atoms with van der Waals surface area (Å²) in [6.45, 7) is 8.64. The van der Waals surface area contributed by atoms with E-state index in [4.69, 9.17) is 0 Å². The van der Waals surface area contributed by atoms with Gasteiger partial charge in [0.1, 0.15) is 0 Å². The number of hydrogen-bond donors (Lipinski definition) is 1. The molecule has 0 unspecified atom stereocenters. The monoisotopic (exact) mass is 348 g/mol. The Morgan fingerprint density at radius 3 is 2.79 bits per heavy atom. The quantitative estimate of drug-likeness (QED) is 0.614. The summed E-state index contributed by atoms with van der Waals surface area (Å²) in [5.41, 5.74) is 0.318. The fourth-order valence-corrected chi connectivity index (χ4v) is 3.03. The van der Waals surface area contributed by atoms with Gasteiger partial charge in [0.2, 0.25) is 5.91 Å². The Bertz CT molecular complexity index is 773. The highest BCUT2D eigenvalue weighted by Crippen LogP contribution is 2.17. The lowest BCUT2D eigenvalue weighted by Crippen LogP contribution is -2.33. The van der Waals surface area contributed by atoms with Crippen molar-refractivity contribution in [2.24, 2.45) is 5.92 Å². The minimum absolute atomic E-state index is 0.0548. The van der Waals surface area contributed by atoms with E-state index in [9.17, 15) is 9.59 Å². The van der Waals surface area contributed by atoms with Crippen molar-refractivity contribution in [2.75, 3.05) is 5.75 Å². The summed E-state index contributed by atoms with van der Waals surface area (Å²) in [6, 6.07) is 3.61. The highest BCUT2D eigenvalue weighted by Gasteiger charge is 2.15. The first-order valence-electron chi connectivity index (χ1n) is 8.20. The van der Waals surface area contributed by atoms with Gasteiger partial charge in [0.05, 0.1) is 11.1 Å². The fourth-order valence-electron chi connectivity index (χ4n) is 2.22. The summed E-state index contributed by atoms with van der Waals surface area (Å²) < 4.78 is 1.65. The summed E-state index contributed by atoms with van der Waals surface area (Å²) >= 11 is 1.28. The van der Waals surface area contributed by atoms with Crippen LogP contribution in [0.3, 0.4) is 0 Å². The lowest BCUT2D eigenvalue weighted by molar-refractivity contribution is -0.119. The molecule has 2 aromatic rings. The zero-order chi connectivity index (χ0) is 17.7. The van der Waals surface area contributed by atoms with Crippen molar-refractivity contribution in [1.82, 2.24) is 19.9 Å². The van der Waals surface area contributed by atoms with Crippen molar-refractivity contribution >= 4 is 28.7 Å². The predicted octanol–water partition coefficient (Wildman–Crippen LogP) is 2.45. The molecule has 0 bridgehead atoms. The summed E-state index contributed by atoms with van der Waals surface area (Å²) in [5, 5.41) is 3.97. The number of rotatable bonds is 7. The van der Waals surface area contributed by atoms with Crippen molar-refractivity contribution in [3.63, 3.8) is 0 Å². The Labute approximate surface area is 146 Å². The molecule has 1 N–H and O–H groups in total. The van der Waals surface area contributed by atoms with Crippen molar-refractivity contribution in [3.8, 4) is 0 Å². The summed E-state index contributed by atoms with van der Waals surface area (Å²) in [5.74, 6) is 0.473. The number of carbonyl (C=O) groups excluding carboxylic acids is 1. The van der Waals surface area contributed by atoms with Crippen LogP contribution in [0.15, 0.2) is 28.3 Å². The lowest BCUT2D eigenvalue weighted by Gasteiger charge is -2.15. The highest BCUT2D eigenvalue weighted by molar-refractivity contribution is 7.99. The molecule has 2 rings (SSSR count). The van der Waals surface area contributed by atoms with Crippen molar-refractivity contribution < 1.29 is 4.79 Å². The Hall–Kier alpha value is -1.89. The molecule has 6 nitrogen and oxygen atoms in total. The molecule has 7 heteroatoms. The zero-order valence-corrected chi connectivity index (χ0v) is 15.4. The van der Waals surface area contributed by atoms with E-state index in [2.05, 4.69) is 15.3 Å². The molecule has 1 amide bonds. The SMILES string of the molecule is CC[C@H](C)NC(=O)CSc1nc2ncccc2c(=O)n1CC(C)C. The average molecular weight is 348 g/mol. The zero-order valence-electron chi connectivity index (χ0n) is 14.6. The maximum Gasteiger partial charge on any atom is 0.263 e. The number of nitrogens with zero attached hydrogens (tertiary/aromatic N) is 3. The van der Waals surface area contributed by atoms with Crippen LogP contribution >= 0.6 is 11.8 Å². The third-order valence-electron chi connectivity index (χ3n) is 3.59. The van der Waals surface area contributed by atoms with Crippen LogP contribution in [0.2, 0.25) is 0 Å². The second-order valence-corrected chi connectivity index (χ2v) is 7.19. The summed E-state index contributed by atoms with van der Waals surface area (Å²) in [7, 11) is 0. The van der Waals surface area contributed by atoms with E-state index in [1.807, 2.05) is 27.7 Å². The molecular formula is C17H24N4O2S. The molecule has 0 saturated heterocycles. The highest BCUT2D eigenvalue weighted by atomic mass is 32.2. The maximum atomic E-state index is 12.7. The summed E-state index contributed by atoms with van der Waals surface area (Å²) in [6.07, 6.45) is 2.50. The molecular weight excluding hydrogens is 324 g/mol. The number of amides is 1. The Morgan fingerprint density at radius 1 is 1.38 bits per heavy atom.